The van der Waals surface area contributed by atoms with Crippen molar-refractivity contribution in [3.05, 3.63) is 11.9 Å². The van der Waals surface area contributed by atoms with Crippen LogP contribution >= 0.6 is 0 Å². The standard InChI is InChI=1S/C6H8N4/c1-7-3-5-6(8-2)10-4-9-5/h3-4H,1H2,2H3,(H,8,9,10)/b5-3+. The van der Waals surface area contributed by atoms with E-state index in [-0.39, 0.29) is 0 Å². The molecular formula is C6H8N4. The van der Waals surface area contributed by atoms with Gasteiger partial charge >= 0.3 is 0 Å². The SMILES string of the molecule is C=N/C=C1/NC=NC1=NC. The number of hydrogen-bond donors (Lipinski definition) is 1. The van der Waals surface area contributed by atoms with Crippen LogP contribution in [0.25, 0.3) is 0 Å². The predicted octanol–water partition coefficient (Wildman–Crippen LogP) is 0.188. The molecule has 4 nitrogen and oxygen atoms in total. The van der Waals surface area contributed by atoms with E-state index >= 15 is 0 Å². The van der Waals surface area contributed by atoms with Crippen LogP contribution in [0.2, 0.25) is 0 Å². The van der Waals surface area contributed by atoms with Gasteiger partial charge in [-0.3, -0.25) is 9.98 Å². The number of nitrogens with zero attached hydrogens (tertiary/aromatic N) is 3. The van der Waals surface area contributed by atoms with Crippen LogP contribution in [0.15, 0.2) is 26.9 Å². The van der Waals surface area contributed by atoms with E-state index in [4.69, 9.17) is 0 Å². The van der Waals surface area contributed by atoms with Crippen molar-refractivity contribution >= 4 is 18.9 Å². The molecule has 0 aromatic heterocycles. The molecule has 1 aliphatic rings. The summed E-state index contributed by atoms with van der Waals surface area (Å²) in [5, 5.41) is 2.86. The first-order valence-electron chi connectivity index (χ1n) is 2.80. The maximum absolute atomic E-state index is 3.91. The summed E-state index contributed by atoms with van der Waals surface area (Å²) < 4.78 is 0. The van der Waals surface area contributed by atoms with E-state index in [9.17, 15) is 0 Å². The van der Waals surface area contributed by atoms with Crippen molar-refractivity contribution in [3.63, 3.8) is 0 Å². The average molecular weight is 136 g/mol. The molecule has 0 saturated heterocycles. The number of aliphatic imine (C=N–C) groups is 3. The summed E-state index contributed by atoms with van der Waals surface area (Å²) in [4.78, 5) is 11.4. The Morgan fingerprint density at radius 1 is 1.80 bits per heavy atom. The molecule has 0 saturated carbocycles. The predicted molar refractivity (Wildman–Crippen MR) is 42.6 cm³/mol. The van der Waals surface area contributed by atoms with Crippen LogP contribution in [0.5, 0.6) is 0 Å². The summed E-state index contributed by atoms with van der Waals surface area (Å²) in [6.07, 6.45) is 3.15. The monoisotopic (exact) mass is 136 g/mol. The van der Waals surface area contributed by atoms with Crippen molar-refractivity contribution in [2.45, 2.75) is 0 Å². The van der Waals surface area contributed by atoms with Crippen molar-refractivity contribution in [1.82, 2.24) is 5.32 Å². The molecule has 0 aromatic carbocycles. The van der Waals surface area contributed by atoms with Gasteiger partial charge in [-0.25, -0.2) is 4.99 Å². The highest BCUT2D eigenvalue weighted by Gasteiger charge is 2.07. The highest BCUT2D eigenvalue weighted by atomic mass is 15.1. The summed E-state index contributed by atoms with van der Waals surface area (Å²) in [5.74, 6) is 0.660. The Bertz CT molecular complexity index is 224. The van der Waals surface area contributed by atoms with Gasteiger partial charge in [0, 0.05) is 7.05 Å². The van der Waals surface area contributed by atoms with Crippen LogP contribution in [0.1, 0.15) is 0 Å². The van der Waals surface area contributed by atoms with E-state index in [1.165, 1.54) is 0 Å². The normalized spacial score (nSPS) is 23.7. The van der Waals surface area contributed by atoms with Gasteiger partial charge in [-0.2, -0.15) is 0 Å². The Balaban J connectivity index is 2.84. The molecule has 1 N–H and O–H groups in total. The Kier molecular flexibility index (Phi) is 1.94. The second-order valence-corrected chi connectivity index (χ2v) is 1.68. The molecule has 1 heterocycles. The molecule has 0 atom stereocenters. The maximum atomic E-state index is 3.91. The van der Waals surface area contributed by atoms with E-state index in [0.717, 1.165) is 5.70 Å². The molecule has 0 aromatic rings. The molecule has 1 aliphatic heterocycles. The Labute approximate surface area is 59.1 Å². The topological polar surface area (TPSA) is 49.1 Å². The molecule has 0 amide bonds. The first-order valence-corrected chi connectivity index (χ1v) is 2.80. The lowest BCUT2D eigenvalue weighted by molar-refractivity contribution is 1.25. The van der Waals surface area contributed by atoms with Crippen molar-refractivity contribution in [2.24, 2.45) is 15.0 Å². The highest BCUT2D eigenvalue weighted by molar-refractivity contribution is 6.07. The fourth-order valence-corrected chi connectivity index (χ4v) is 0.662. The lowest BCUT2D eigenvalue weighted by Crippen LogP contribution is -2.07. The summed E-state index contributed by atoms with van der Waals surface area (Å²) in [7, 11) is 1.68. The third-order valence-corrected chi connectivity index (χ3v) is 1.08. The Hall–Kier alpha value is -1.45. The van der Waals surface area contributed by atoms with Gasteiger partial charge in [0.1, 0.15) is 5.70 Å². The zero-order valence-electron chi connectivity index (χ0n) is 5.70. The summed E-state index contributed by atoms with van der Waals surface area (Å²) in [6, 6.07) is 0. The van der Waals surface area contributed by atoms with Gasteiger partial charge in [0.15, 0.2) is 5.84 Å². The average Bonchev–Trinajstić information content (AvgIpc) is 2.36. The maximum Gasteiger partial charge on any atom is 0.174 e. The van der Waals surface area contributed by atoms with Crippen LogP contribution in [-0.4, -0.2) is 25.9 Å². The van der Waals surface area contributed by atoms with Crippen LogP contribution in [0.3, 0.4) is 0 Å². The zero-order chi connectivity index (χ0) is 7.40. The van der Waals surface area contributed by atoms with Gasteiger partial charge < -0.3 is 5.32 Å². The van der Waals surface area contributed by atoms with Crippen LogP contribution in [0.4, 0.5) is 0 Å². The molecular weight excluding hydrogens is 128 g/mol. The Morgan fingerprint density at radius 2 is 2.60 bits per heavy atom. The largest absolute Gasteiger partial charge is 0.342 e. The lowest BCUT2D eigenvalue weighted by Gasteiger charge is -1.92. The summed E-state index contributed by atoms with van der Waals surface area (Å²) in [5.41, 5.74) is 0.789. The van der Waals surface area contributed by atoms with Crippen molar-refractivity contribution in [2.75, 3.05) is 7.05 Å². The molecule has 1 rings (SSSR count). The number of amidine groups is 1. The van der Waals surface area contributed by atoms with Crippen LogP contribution in [0, 0.1) is 0 Å². The quantitative estimate of drug-likeness (QED) is 0.514. The van der Waals surface area contributed by atoms with Gasteiger partial charge in [-0.1, -0.05) is 0 Å². The van der Waals surface area contributed by atoms with Gasteiger partial charge in [-0.15, -0.1) is 0 Å². The first-order chi connectivity index (χ1) is 4.88. The van der Waals surface area contributed by atoms with Gasteiger partial charge in [0.05, 0.1) is 12.5 Å². The minimum Gasteiger partial charge on any atom is -0.342 e. The second-order valence-electron chi connectivity index (χ2n) is 1.68. The third-order valence-electron chi connectivity index (χ3n) is 1.08. The highest BCUT2D eigenvalue weighted by Crippen LogP contribution is 1.99. The number of nitrogens with one attached hydrogen (secondary N) is 1. The fourth-order valence-electron chi connectivity index (χ4n) is 0.662. The Morgan fingerprint density at radius 3 is 3.20 bits per heavy atom. The van der Waals surface area contributed by atoms with E-state index in [1.807, 2.05) is 0 Å². The van der Waals surface area contributed by atoms with Crippen molar-refractivity contribution in [1.29, 1.82) is 0 Å². The molecule has 10 heavy (non-hydrogen) atoms. The fraction of sp³-hybridized carbons (Fsp3) is 0.167. The van der Waals surface area contributed by atoms with E-state index < -0.39 is 0 Å². The number of rotatable bonds is 1. The summed E-state index contributed by atoms with van der Waals surface area (Å²) >= 11 is 0. The molecule has 0 unspecified atom stereocenters. The van der Waals surface area contributed by atoms with E-state index in [1.54, 1.807) is 19.6 Å². The van der Waals surface area contributed by atoms with Crippen molar-refractivity contribution in [3.8, 4) is 0 Å². The molecule has 0 fully saturated rings. The van der Waals surface area contributed by atoms with Gasteiger partial charge in [0.2, 0.25) is 0 Å². The third kappa shape index (κ3) is 1.10. The van der Waals surface area contributed by atoms with Crippen molar-refractivity contribution < 1.29 is 0 Å². The van der Waals surface area contributed by atoms with Crippen LogP contribution < -0.4 is 5.32 Å². The number of hydrogen-bond acceptors (Lipinski definition) is 3. The molecule has 0 radical (unpaired) electrons. The minimum atomic E-state index is 0.660. The second kappa shape index (κ2) is 2.91. The summed E-state index contributed by atoms with van der Waals surface area (Å²) in [6.45, 7) is 3.32. The molecule has 52 valence electrons. The molecule has 0 aliphatic carbocycles. The molecule has 0 spiro atoms. The van der Waals surface area contributed by atoms with Gasteiger partial charge in [0.25, 0.3) is 0 Å². The van der Waals surface area contributed by atoms with E-state index in [2.05, 4.69) is 27.0 Å². The van der Waals surface area contributed by atoms with E-state index in [0.29, 0.717) is 5.84 Å². The zero-order valence-corrected chi connectivity index (χ0v) is 5.70. The van der Waals surface area contributed by atoms with Gasteiger partial charge in [-0.05, 0) is 6.72 Å². The minimum absolute atomic E-state index is 0.660. The van der Waals surface area contributed by atoms with Crippen LogP contribution in [-0.2, 0) is 0 Å². The first kappa shape index (κ1) is 6.67. The molecule has 4 heteroatoms. The smallest absolute Gasteiger partial charge is 0.174 e. The lowest BCUT2D eigenvalue weighted by atomic mass is 10.4. The molecule has 0 bridgehead atoms.